The molecule has 0 heterocycles. The van der Waals surface area contributed by atoms with Crippen molar-refractivity contribution >= 4 is 46.4 Å². The molecule has 4 nitrogen and oxygen atoms in total. The van der Waals surface area contributed by atoms with Crippen molar-refractivity contribution in [3.05, 3.63) is 57.8 Å². The largest absolute Gasteiger partial charge is 0.324 e. The van der Waals surface area contributed by atoms with Gasteiger partial charge in [0.05, 0.1) is 21.3 Å². The number of halogens is 3. The minimum Gasteiger partial charge on any atom is -0.324 e. The summed E-state index contributed by atoms with van der Waals surface area (Å²) in [6.45, 7) is 1.26. The Morgan fingerprint density at radius 2 is 1.82 bits per heavy atom. The van der Waals surface area contributed by atoms with Gasteiger partial charge in [0.1, 0.15) is 5.82 Å². The lowest BCUT2D eigenvalue weighted by atomic mass is 10.2. The van der Waals surface area contributed by atoms with Crippen LogP contribution in [0, 0.1) is 5.82 Å². The van der Waals surface area contributed by atoms with Crippen LogP contribution in [0.4, 0.5) is 15.8 Å². The number of carbonyl (C=O) groups is 2. The third-order valence-electron chi connectivity index (χ3n) is 2.73. The van der Waals surface area contributed by atoms with Gasteiger partial charge >= 0.3 is 0 Å². The van der Waals surface area contributed by atoms with Crippen molar-refractivity contribution in [3.8, 4) is 0 Å². The monoisotopic (exact) mass is 340 g/mol. The fraction of sp³-hybridized carbons (Fsp3) is 0.0667. The molecule has 0 fully saturated rings. The molecule has 0 saturated heterocycles. The molecule has 114 valence electrons. The predicted octanol–water partition coefficient (Wildman–Crippen LogP) is 4.34. The van der Waals surface area contributed by atoms with Gasteiger partial charge in [0.15, 0.2) is 0 Å². The zero-order valence-corrected chi connectivity index (χ0v) is 12.9. The van der Waals surface area contributed by atoms with E-state index in [1.807, 2.05) is 0 Å². The molecule has 2 rings (SSSR count). The first kappa shape index (κ1) is 16.3. The summed E-state index contributed by atoms with van der Waals surface area (Å²) >= 11 is 11.8. The Bertz CT molecular complexity index is 750. The second-order valence-electron chi connectivity index (χ2n) is 4.43. The van der Waals surface area contributed by atoms with Crippen molar-refractivity contribution in [1.82, 2.24) is 0 Å². The van der Waals surface area contributed by atoms with Crippen LogP contribution in [0.25, 0.3) is 0 Å². The molecule has 0 aliphatic carbocycles. The number of hydrogen-bond acceptors (Lipinski definition) is 2. The van der Waals surface area contributed by atoms with Crippen LogP contribution >= 0.6 is 23.2 Å². The highest BCUT2D eigenvalue weighted by molar-refractivity contribution is 6.44. The van der Waals surface area contributed by atoms with Crippen molar-refractivity contribution < 1.29 is 14.0 Å². The summed E-state index contributed by atoms with van der Waals surface area (Å²) in [6.07, 6.45) is 0. The second kappa shape index (κ2) is 6.77. The normalized spacial score (nSPS) is 10.2. The highest BCUT2D eigenvalue weighted by Crippen LogP contribution is 2.27. The maximum Gasteiger partial charge on any atom is 0.257 e. The van der Waals surface area contributed by atoms with E-state index in [0.29, 0.717) is 5.69 Å². The topological polar surface area (TPSA) is 58.2 Å². The molecule has 0 aliphatic heterocycles. The molecule has 22 heavy (non-hydrogen) atoms. The fourth-order valence-electron chi connectivity index (χ4n) is 1.77. The molecular formula is C15H11Cl2FN2O2. The summed E-state index contributed by atoms with van der Waals surface area (Å²) in [5.41, 5.74) is 0.480. The summed E-state index contributed by atoms with van der Waals surface area (Å²) < 4.78 is 13.5. The molecule has 2 N–H and O–H groups in total. The van der Waals surface area contributed by atoms with Crippen molar-refractivity contribution in [2.24, 2.45) is 0 Å². The van der Waals surface area contributed by atoms with E-state index in [4.69, 9.17) is 23.2 Å². The summed E-state index contributed by atoms with van der Waals surface area (Å²) in [5, 5.41) is 5.29. The minimum absolute atomic E-state index is 0.0255. The maximum absolute atomic E-state index is 13.5. The van der Waals surface area contributed by atoms with E-state index in [9.17, 15) is 14.0 Å². The quantitative estimate of drug-likeness (QED) is 0.872. The molecule has 2 amide bonds. The van der Waals surface area contributed by atoms with Crippen LogP contribution in [0.3, 0.4) is 0 Å². The average Bonchev–Trinajstić information content (AvgIpc) is 2.45. The van der Waals surface area contributed by atoms with Crippen molar-refractivity contribution in [2.75, 3.05) is 10.6 Å². The van der Waals surface area contributed by atoms with Gasteiger partial charge in [-0.1, -0.05) is 29.3 Å². The lowest BCUT2D eigenvalue weighted by Crippen LogP contribution is -2.13. The predicted molar refractivity (Wildman–Crippen MR) is 85.1 cm³/mol. The number of nitrogens with one attached hydrogen (secondary N) is 2. The zero-order chi connectivity index (χ0) is 16.3. The van der Waals surface area contributed by atoms with Gasteiger partial charge in [-0.15, -0.1) is 0 Å². The molecule has 0 bridgehead atoms. The van der Waals surface area contributed by atoms with Gasteiger partial charge in [0, 0.05) is 12.6 Å². The van der Waals surface area contributed by atoms with Gasteiger partial charge < -0.3 is 10.6 Å². The van der Waals surface area contributed by atoms with Crippen molar-refractivity contribution in [2.45, 2.75) is 6.92 Å². The maximum atomic E-state index is 13.5. The Kier molecular flexibility index (Phi) is 5.00. The zero-order valence-electron chi connectivity index (χ0n) is 11.4. The molecule has 0 spiro atoms. The number of anilines is 2. The van der Waals surface area contributed by atoms with Gasteiger partial charge in [0.25, 0.3) is 5.91 Å². The van der Waals surface area contributed by atoms with Gasteiger partial charge in [0.2, 0.25) is 5.91 Å². The van der Waals surface area contributed by atoms with E-state index in [0.717, 1.165) is 6.07 Å². The summed E-state index contributed by atoms with van der Waals surface area (Å²) in [5.74, 6) is -1.51. The Hall–Kier alpha value is -2.11. The molecule has 2 aromatic carbocycles. The van der Waals surface area contributed by atoms with Gasteiger partial charge in [-0.3, -0.25) is 9.59 Å². The van der Waals surface area contributed by atoms with E-state index in [1.165, 1.54) is 25.1 Å². The molecule has 0 aliphatic rings. The lowest BCUT2D eigenvalue weighted by molar-refractivity contribution is -0.114. The Balaban J connectivity index is 2.25. The van der Waals surface area contributed by atoms with Crippen LogP contribution in [0.2, 0.25) is 10.0 Å². The molecule has 0 saturated carbocycles. The van der Waals surface area contributed by atoms with E-state index in [-0.39, 0.29) is 21.3 Å². The van der Waals surface area contributed by atoms with E-state index < -0.39 is 17.6 Å². The molecule has 2 aromatic rings. The van der Waals surface area contributed by atoms with E-state index in [1.54, 1.807) is 12.1 Å². The van der Waals surface area contributed by atoms with Gasteiger partial charge in [-0.05, 0) is 30.3 Å². The molecule has 0 atom stereocenters. The fourth-order valence-corrected chi connectivity index (χ4v) is 2.15. The van der Waals surface area contributed by atoms with Gasteiger partial charge in [-0.25, -0.2) is 4.39 Å². The van der Waals surface area contributed by atoms with Crippen molar-refractivity contribution in [3.63, 3.8) is 0 Å². The summed E-state index contributed by atoms with van der Waals surface area (Å²) in [6, 6.07) is 8.50. The molecule has 0 unspecified atom stereocenters. The first-order valence-electron chi connectivity index (χ1n) is 6.21. The lowest BCUT2D eigenvalue weighted by Gasteiger charge is -2.10. The third-order valence-corrected chi connectivity index (χ3v) is 3.55. The number of hydrogen-bond donors (Lipinski definition) is 2. The molecule has 0 aromatic heterocycles. The second-order valence-corrected chi connectivity index (χ2v) is 5.22. The summed E-state index contributed by atoms with van der Waals surface area (Å²) in [7, 11) is 0. The molecule has 7 heteroatoms. The molecule has 0 radical (unpaired) electrons. The summed E-state index contributed by atoms with van der Waals surface area (Å²) in [4.78, 5) is 23.2. The number of amides is 2. The standard InChI is InChI=1S/C15H11Cl2FN2O2/c1-8(21)19-13-7-9(5-6-12(13)18)20-15(22)10-3-2-4-11(16)14(10)17/h2-7H,1H3,(H,19,21)(H,20,22). The Morgan fingerprint density at radius 3 is 2.50 bits per heavy atom. The van der Waals surface area contributed by atoms with Crippen LogP contribution in [0.1, 0.15) is 17.3 Å². The van der Waals surface area contributed by atoms with Crippen LogP contribution < -0.4 is 10.6 Å². The highest BCUT2D eigenvalue weighted by Gasteiger charge is 2.14. The van der Waals surface area contributed by atoms with E-state index >= 15 is 0 Å². The van der Waals surface area contributed by atoms with Crippen LogP contribution in [-0.2, 0) is 4.79 Å². The Morgan fingerprint density at radius 1 is 1.09 bits per heavy atom. The SMILES string of the molecule is CC(=O)Nc1cc(NC(=O)c2cccc(Cl)c2Cl)ccc1F. The van der Waals surface area contributed by atoms with Crippen LogP contribution in [0.15, 0.2) is 36.4 Å². The highest BCUT2D eigenvalue weighted by atomic mass is 35.5. The number of rotatable bonds is 3. The first-order chi connectivity index (χ1) is 10.4. The average molecular weight is 341 g/mol. The molecular weight excluding hydrogens is 330 g/mol. The van der Waals surface area contributed by atoms with Crippen LogP contribution in [-0.4, -0.2) is 11.8 Å². The van der Waals surface area contributed by atoms with Crippen LogP contribution in [0.5, 0.6) is 0 Å². The van der Waals surface area contributed by atoms with Crippen molar-refractivity contribution in [1.29, 1.82) is 0 Å². The van der Waals surface area contributed by atoms with E-state index in [2.05, 4.69) is 10.6 Å². The minimum atomic E-state index is -0.603. The third kappa shape index (κ3) is 3.75. The number of benzene rings is 2. The smallest absolute Gasteiger partial charge is 0.257 e. The van der Waals surface area contributed by atoms with Gasteiger partial charge in [-0.2, -0.15) is 0 Å². The first-order valence-corrected chi connectivity index (χ1v) is 6.96. The number of carbonyl (C=O) groups excluding carboxylic acids is 2. The Labute approximate surface area is 136 Å².